The standard InChI is InChI=1S/C14H23NO/c15-12-14(10-13-6-9-16-11-13)7-4-2-1-3-5-8-14/h6,9,11H,1-5,7-8,10,12,15H2. The predicted molar refractivity (Wildman–Crippen MR) is 66.2 cm³/mol. The van der Waals surface area contributed by atoms with Crippen LogP contribution in [-0.2, 0) is 6.42 Å². The van der Waals surface area contributed by atoms with E-state index in [1.54, 1.807) is 6.26 Å². The summed E-state index contributed by atoms with van der Waals surface area (Å²) in [6.07, 6.45) is 14.2. The monoisotopic (exact) mass is 221 g/mol. The van der Waals surface area contributed by atoms with Crippen LogP contribution in [0.15, 0.2) is 23.0 Å². The molecule has 1 fully saturated rings. The van der Waals surface area contributed by atoms with Gasteiger partial charge in [-0.2, -0.15) is 0 Å². The number of hydrogen-bond donors (Lipinski definition) is 1. The zero-order chi connectivity index (χ0) is 11.3. The van der Waals surface area contributed by atoms with Crippen LogP contribution >= 0.6 is 0 Å². The lowest BCUT2D eigenvalue weighted by Gasteiger charge is -2.34. The predicted octanol–water partition coefficient (Wildman–Crippen LogP) is 3.51. The molecule has 1 aromatic rings. The lowest BCUT2D eigenvalue weighted by Crippen LogP contribution is -2.33. The van der Waals surface area contributed by atoms with Crippen molar-refractivity contribution in [3.8, 4) is 0 Å². The number of rotatable bonds is 3. The Bertz CT molecular complexity index is 284. The van der Waals surface area contributed by atoms with Gasteiger partial charge in [0.15, 0.2) is 0 Å². The van der Waals surface area contributed by atoms with Crippen molar-refractivity contribution in [1.82, 2.24) is 0 Å². The van der Waals surface area contributed by atoms with E-state index in [0.29, 0.717) is 5.41 Å². The highest BCUT2D eigenvalue weighted by Crippen LogP contribution is 2.36. The molecule has 90 valence electrons. The van der Waals surface area contributed by atoms with Gasteiger partial charge in [0.1, 0.15) is 0 Å². The average Bonchev–Trinajstić information content (AvgIpc) is 2.75. The minimum absolute atomic E-state index is 0.338. The van der Waals surface area contributed by atoms with Crippen molar-refractivity contribution in [1.29, 1.82) is 0 Å². The summed E-state index contributed by atoms with van der Waals surface area (Å²) in [5.74, 6) is 0. The first-order valence-electron chi connectivity index (χ1n) is 6.56. The summed E-state index contributed by atoms with van der Waals surface area (Å²) < 4.78 is 5.16. The molecule has 0 unspecified atom stereocenters. The maximum Gasteiger partial charge on any atom is 0.0934 e. The van der Waals surface area contributed by atoms with E-state index in [9.17, 15) is 0 Å². The highest BCUT2D eigenvalue weighted by atomic mass is 16.3. The van der Waals surface area contributed by atoms with E-state index in [-0.39, 0.29) is 0 Å². The molecule has 0 atom stereocenters. The third-order valence-electron chi connectivity index (χ3n) is 4.01. The van der Waals surface area contributed by atoms with E-state index in [1.165, 1.54) is 50.5 Å². The van der Waals surface area contributed by atoms with Gasteiger partial charge in [0, 0.05) is 0 Å². The fourth-order valence-corrected chi connectivity index (χ4v) is 2.93. The van der Waals surface area contributed by atoms with Gasteiger partial charge < -0.3 is 10.2 Å². The molecule has 1 saturated carbocycles. The van der Waals surface area contributed by atoms with E-state index in [4.69, 9.17) is 10.2 Å². The summed E-state index contributed by atoms with van der Waals surface area (Å²) in [6, 6.07) is 2.08. The van der Waals surface area contributed by atoms with Crippen LogP contribution in [0.2, 0.25) is 0 Å². The van der Waals surface area contributed by atoms with Crippen molar-refractivity contribution in [2.75, 3.05) is 6.54 Å². The van der Waals surface area contributed by atoms with Crippen LogP contribution < -0.4 is 5.73 Å². The summed E-state index contributed by atoms with van der Waals surface area (Å²) >= 11 is 0. The molecule has 0 aromatic carbocycles. The Morgan fingerprint density at radius 3 is 2.38 bits per heavy atom. The summed E-state index contributed by atoms with van der Waals surface area (Å²) in [5, 5.41) is 0. The first-order chi connectivity index (χ1) is 7.85. The zero-order valence-electron chi connectivity index (χ0n) is 10.1. The molecule has 1 heterocycles. The van der Waals surface area contributed by atoms with Gasteiger partial charge in [-0.3, -0.25) is 0 Å². The molecule has 0 bridgehead atoms. The quantitative estimate of drug-likeness (QED) is 0.848. The van der Waals surface area contributed by atoms with Gasteiger partial charge in [0.2, 0.25) is 0 Å². The van der Waals surface area contributed by atoms with Crippen molar-refractivity contribution in [3.05, 3.63) is 24.2 Å². The summed E-state index contributed by atoms with van der Waals surface area (Å²) in [4.78, 5) is 0. The molecule has 16 heavy (non-hydrogen) atoms. The Balaban J connectivity index is 2.03. The molecule has 0 saturated heterocycles. The Kier molecular flexibility index (Phi) is 4.05. The third kappa shape index (κ3) is 2.88. The molecular weight excluding hydrogens is 198 g/mol. The van der Waals surface area contributed by atoms with E-state index in [1.807, 2.05) is 6.26 Å². The van der Waals surface area contributed by atoms with Crippen molar-refractivity contribution in [2.24, 2.45) is 11.1 Å². The minimum Gasteiger partial charge on any atom is -0.472 e. The zero-order valence-corrected chi connectivity index (χ0v) is 10.1. The highest BCUT2D eigenvalue weighted by molar-refractivity contribution is 5.09. The largest absolute Gasteiger partial charge is 0.472 e. The van der Waals surface area contributed by atoms with Crippen LogP contribution in [0.1, 0.15) is 50.5 Å². The molecule has 1 aliphatic carbocycles. The van der Waals surface area contributed by atoms with Gasteiger partial charge in [-0.25, -0.2) is 0 Å². The molecule has 2 nitrogen and oxygen atoms in total. The van der Waals surface area contributed by atoms with Gasteiger partial charge in [-0.05, 0) is 42.9 Å². The Hall–Kier alpha value is -0.760. The van der Waals surface area contributed by atoms with Crippen molar-refractivity contribution in [3.63, 3.8) is 0 Å². The molecule has 2 N–H and O–H groups in total. The second kappa shape index (κ2) is 5.53. The number of furan rings is 1. The minimum atomic E-state index is 0.338. The van der Waals surface area contributed by atoms with Gasteiger partial charge in [-0.15, -0.1) is 0 Å². The molecule has 0 radical (unpaired) electrons. The average molecular weight is 221 g/mol. The van der Waals surface area contributed by atoms with Gasteiger partial charge in [0.25, 0.3) is 0 Å². The maximum absolute atomic E-state index is 6.04. The second-order valence-electron chi connectivity index (χ2n) is 5.28. The molecule has 0 amide bonds. The molecule has 1 aliphatic rings. The molecular formula is C14H23NO. The number of nitrogens with two attached hydrogens (primary N) is 1. The SMILES string of the molecule is NCC1(Cc2ccoc2)CCCCCCC1. The second-order valence-corrected chi connectivity index (χ2v) is 5.28. The Morgan fingerprint density at radius 2 is 1.81 bits per heavy atom. The van der Waals surface area contributed by atoms with Crippen molar-refractivity contribution in [2.45, 2.75) is 51.4 Å². The van der Waals surface area contributed by atoms with Crippen LogP contribution in [-0.4, -0.2) is 6.54 Å². The molecule has 2 rings (SSSR count). The Labute approximate surface area is 98.2 Å². The molecule has 1 aromatic heterocycles. The lowest BCUT2D eigenvalue weighted by atomic mass is 9.72. The van der Waals surface area contributed by atoms with Crippen LogP contribution in [0.3, 0.4) is 0 Å². The number of hydrogen-bond acceptors (Lipinski definition) is 2. The normalized spacial score (nSPS) is 21.3. The highest BCUT2D eigenvalue weighted by Gasteiger charge is 2.29. The van der Waals surface area contributed by atoms with E-state index >= 15 is 0 Å². The fourth-order valence-electron chi connectivity index (χ4n) is 2.93. The van der Waals surface area contributed by atoms with Gasteiger partial charge in [0.05, 0.1) is 12.5 Å². The van der Waals surface area contributed by atoms with Crippen LogP contribution in [0.25, 0.3) is 0 Å². The van der Waals surface area contributed by atoms with Gasteiger partial charge >= 0.3 is 0 Å². The van der Waals surface area contributed by atoms with Crippen LogP contribution in [0, 0.1) is 5.41 Å². The fraction of sp³-hybridized carbons (Fsp3) is 0.714. The summed E-state index contributed by atoms with van der Waals surface area (Å²) in [6.45, 7) is 0.818. The molecule has 0 aliphatic heterocycles. The summed E-state index contributed by atoms with van der Waals surface area (Å²) in [5.41, 5.74) is 7.69. The molecule has 2 heteroatoms. The smallest absolute Gasteiger partial charge is 0.0934 e. The topological polar surface area (TPSA) is 39.2 Å². The maximum atomic E-state index is 6.04. The third-order valence-corrected chi connectivity index (χ3v) is 4.01. The van der Waals surface area contributed by atoms with Crippen LogP contribution in [0.4, 0.5) is 0 Å². The molecule has 0 spiro atoms. The lowest BCUT2D eigenvalue weighted by molar-refractivity contribution is 0.216. The van der Waals surface area contributed by atoms with Gasteiger partial charge in [-0.1, -0.05) is 32.1 Å². The Morgan fingerprint density at radius 1 is 1.12 bits per heavy atom. The van der Waals surface area contributed by atoms with E-state index < -0.39 is 0 Å². The summed E-state index contributed by atoms with van der Waals surface area (Å²) in [7, 11) is 0. The first kappa shape index (κ1) is 11.7. The van der Waals surface area contributed by atoms with E-state index in [2.05, 4.69) is 6.07 Å². The first-order valence-corrected chi connectivity index (χ1v) is 6.56. The van der Waals surface area contributed by atoms with Crippen molar-refractivity contribution >= 4 is 0 Å². The van der Waals surface area contributed by atoms with E-state index in [0.717, 1.165) is 13.0 Å². The van der Waals surface area contributed by atoms with Crippen LogP contribution in [0.5, 0.6) is 0 Å². The van der Waals surface area contributed by atoms with Crippen molar-refractivity contribution < 1.29 is 4.42 Å².